The van der Waals surface area contributed by atoms with Gasteiger partial charge >= 0.3 is 0 Å². The number of amides is 1. The lowest BCUT2D eigenvalue weighted by Gasteiger charge is -2.15. The maximum absolute atomic E-state index is 12.9. The van der Waals surface area contributed by atoms with Crippen LogP contribution in [-0.4, -0.2) is 42.5 Å². The summed E-state index contributed by atoms with van der Waals surface area (Å²) in [5.74, 6) is -0.471. The van der Waals surface area contributed by atoms with Gasteiger partial charge in [-0.1, -0.05) is 54.6 Å². The fourth-order valence-corrected chi connectivity index (χ4v) is 6.16. The third-order valence-electron chi connectivity index (χ3n) is 6.35. The van der Waals surface area contributed by atoms with Gasteiger partial charge in [0.25, 0.3) is 5.91 Å². The summed E-state index contributed by atoms with van der Waals surface area (Å²) in [7, 11) is -1.60. The molecule has 1 N–H and O–H groups in total. The first-order chi connectivity index (χ1) is 17.0. The van der Waals surface area contributed by atoms with Gasteiger partial charge < -0.3 is 4.57 Å². The summed E-state index contributed by atoms with van der Waals surface area (Å²) in [6.07, 6.45) is 3.36. The molecule has 0 aliphatic carbocycles. The smallest absolute Gasteiger partial charge is 0.271 e. The van der Waals surface area contributed by atoms with Gasteiger partial charge in [-0.2, -0.15) is 9.41 Å². The van der Waals surface area contributed by atoms with Crippen LogP contribution >= 0.6 is 0 Å². The number of benzene rings is 3. The Morgan fingerprint density at radius 1 is 0.943 bits per heavy atom. The monoisotopic (exact) mass is 486 g/mol. The number of aryl methyl sites for hydroxylation is 1. The van der Waals surface area contributed by atoms with Crippen LogP contribution in [0.4, 0.5) is 0 Å². The summed E-state index contributed by atoms with van der Waals surface area (Å²) in [6.45, 7) is 1.02. The van der Waals surface area contributed by atoms with Gasteiger partial charge in [0.05, 0.1) is 16.8 Å². The Morgan fingerprint density at radius 3 is 2.43 bits per heavy atom. The predicted molar refractivity (Wildman–Crippen MR) is 138 cm³/mol. The Hall–Kier alpha value is -3.75. The lowest BCUT2D eigenvalue weighted by molar-refractivity contribution is 0.0955. The molecule has 1 aliphatic rings. The normalized spacial score (nSPS) is 14.7. The molecule has 2 heterocycles. The van der Waals surface area contributed by atoms with Crippen LogP contribution in [-0.2, 0) is 17.1 Å². The predicted octanol–water partition coefficient (Wildman–Crippen LogP) is 4.39. The number of hydrogen-bond acceptors (Lipinski definition) is 4. The highest BCUT2D eigenvalue weighted by atomic mass is 32.2. The van der Waals surface area contributed by atoms with Crippen molar-refractivity contribution < 1.29 is 13.2 Å². The molecule has 178 valence electrons. The summed E-state index contributed by atoms with van der Waals surface area (Å²) in [6, 6.07) is 24.1. The average molecular weight is 487 g/mol. The lowest BCUT2D eigenvalue weighted by Crippen LogP contribution is -2.28. The summed E-state index contributed by atoms with van der Waals surface area (Å²) in [5, 5.41) is 5.26. The first kappa shape index (κ1) is 23.0. The van der Waals surface area contributed by atoms with Crippen LogP contribution in [0.3, 0.4) is 0 Å². The number of hydrogen-bond donors (Lipinski definition) is 1. The Balaban J connectivity index is 1.43. The Morgan fingerprint density at radius 2 is 1.66 bits per heavy atom. The van der Waals surface area contributed by atoms with Crippen LogP contribution < -0.4 is 5.43 Å². The van der Waals surface area contributed by atoms with E-state index < -0.39 is 15.9 Å². The fraction of sp³-hybridized carbons (Fsp3) is 0.185. The van der Waals surface area contributed by atoms with Crippen molar-refractivity contribution in [2.45, 2.75) is 17.7 Å². The molecule has 3 aromatic carbocycles. The van der Waals surface area contributed by atoms with Crippen molar-refractivity contribution >= 4 is 33.0 Å². The molecule has 1 amide bonds. The first-order valence-electron chi connectivity index (χ1n) is 11.5. The molecular weight excluding hydrogens is 460 g/mol. The number of carbonyl (C=O) groups excluding carboxylic acids is 1. The van der Waals surface area contributed by atoms with E-state index in [9.17, 15) is 13.2 Å². The van der Waals surface area contributed by atoms with Gasteiger partial charge in [-0.25, -0.2) is 13.8 Å². The van der Waals surface area contributed by atoms with Crippen molar-refractivity contribution in [3.8, 4) is 11.3 Å². The van der Waals surface area contributed by atoms with E-state index in [1.54, 1.807) is 18.3 Å². The first-order valence-corrected chi connectivity index (χ1v) is 13.0. The van der Waals surface area contributed by atoms with Crippen molar-refractivity contribution in [1.29, 1.82) is 0 Å². The van der Waals surface area contributed by atoms with Crippen molar-refractivity contribution in [3.63, 3.8) is 0 Å². The molecule has 4 aromatic rings. The zero-order valence-electron chi connectivity index (χ0n) is 19.4. The molecule has 8 heteroatoms. The van der Waals surface area contributed by atoms with Crippen molar-refractivity contribution in [2.75, 3.05) is 13.1 Å². The number of nitrogens with zero attached hydrogens (tertiary/aromatic N) is 3. The van der Waals surface area contributed by atoms with E-state index in [2.05, 4.69) is 15.1 Å². The summed E-state index contributed by atoms with van der Waals surface area (Å²) < 4.78 is 29.3. The molecule has 0 bridgehead atoms. The van der Waals surface area contributed by atoms with Crippen LogP contribution in [0.25, 0.3) is 22.2 Å². The van der Waals surface area contributed by atoms with Gasteiger partial charge in [0.15, 0.2) is 0 Å². The Labute approximate surface area is 204 Å². The van der Waals surface area contributed by atoms with Crippen LogP contribution in [0.5, 0.6) is 0 Å². The minimum atomic E-state index is -3.60. The number of hydrazone groups is 1. The molecule has 0 unspecified atom stereocenters. The van der Waals surface area contributed by atoms with E-state index in [1.807, 2.05) is 61.6 Å². The SMILES string of the molecule is Cn1c(-c2ccccc2)c(/C=N\NC(=O)c2cccc(S(=O)(=O)N3CCCC3)c2)c2ccccc21. The molecule has 0 radical (unpaired) electrons. The number of rotatable bonds is 6. The minimum absolute atomic E-state index is 0.122. The quantitative estimate of drug-likeness (QED) is 0.324. The highest BCUT2D eigenvalue weighted by Crippen LogP contribution is 2.31. The molecule has 1 fully saturated rings. The van der Waals surface area contributed by atoms with Crippen molar-refractivity contribution in [3.05, 3.63) is 90.0 Å². The van der Waals surface area contributed by atoms with Crippen molar-refractivity contribution in [1.82, 2.24) is 14.3 Å². The van der Waals surface area contributed by atoms with Crippen LogP contribution in [0.1, 0.15) is 28.8 Å². The number of fused-ring (bicyclic) bond motifs is 1. The van der Waals surface area contributed by atoms with Crippen molar-refractivity contribution in [2.24, 2.45) is 12.1 Å². The zero-order chi connectivity index (χ0) is 24.4. The van der Waals surface area contributed by atoms with E-state index in [-0.39, 0.29) is 10.5 Å². The maximum Gasteiger partial charge on any atom is 0.271 e. The number of aromatic nitrogens is 1. The molecule has 7 nitrogen and oxygen atoms in total. The molecule has 35 heavy (non-hydrogen) atoms. The maximum atomic E-state index is 12.9. The Bertz CT molecular complexity index is 1520. The molecule has 0 atom stereocenters. The summed E-state index contributed by atoms with van der Waals surface area (Å²) in [5.41, 5.74) is 6.77. The highest BCUT2D eigenvalue weighted by Gasteiger charge is 2.27. The topological polar surface area (TPSA) is 83.8 Å². The molecule has 0 spiro atoms. The van der Waals surface area contributed by atoms with E-state index in [4.69, 9.17) is 0 Å². The molecule has 5 rings (SSSR count). The molecule has 0 saturated carbocycles. The lowest BCUT2D eigenvalue weighted by atomic mass is 10.1. The van der Waals surface area contributed by atoms with E-state index in [0.29, 0.717) is 13.1 Å². The van der Waals surface area contributed by atoms with Gasteiger partial charge in [0.1, 0.15) is 0 Å². The number of sulfonamides is 1. The van der Waals surface area contributed by atoms with Gasteiger partial charge in [-0.3, -0.25) is 4.79 Å². The minimum Gasteiger partial charge on any atom is -0.343 e. The summed E-state index contributed by atoms with van der Waals surface area (Å²) >= 11 is 0. The largest absolute Gasteiger partial charge is 0.343 e. The highest BCUT2D eigenvalue weighted by molar-refractivity contribution is 7.89. The second-order valence-corrected chi connectivity index (χ2v) is 10.5. The number of carbonyl (C=O) groups is 1. The number of nitrogens with one attached hydrogen (secondary N) is 1. The summed E-state index contributed by atoms with van der Waals surface area (Å²) in [4.78, 5) is 12.9. The average Bonchev–Trinajstić information content (AvgIpc) is 3.53. The van der Waals surface area contributed by atoms with Gasteiger partial charge in [-0.15, -0.1) is 0 Å². The van der Waals surface area contributed by atoms with Crippen LogP contribution in [0, 0.1) is 0 Å². The van der Waals surface area contributed by atoms with Gasteiger partial charge in [0, 0.05) is 42.2 Å². The van der Waals surface area contributed by atoms with Crippen LogP contribution in [0.15, 0.2) is 88.9 Å². The van der Waals surface area contributed by atoms with Crippen LogP contribution in [0.2, 0.25) is 0 Å². The second kappa shape index (κ2) is 9.48. The molecule has 1 aromatic heterocycles. The molecule has 1 saturated heterocycles. The zero-order valence-corrected chi connectivity index (χ0v) is 20.2. The molecular formula is C27H26N4O3S. The second-order valence-electron chi connectivity index (χ2n) is 8.54. The van der Waals surface area contributed by atoms with Gasteiger partial charge in [-0.05, 0) is 42.7 Å². The third kappa shape index (κ3) is 4.38. The Kier molecular flexibility index (Phi) is 6.23. The standard InChI is InChI=1S/C27H26N4O3S/c1-30-25-15-6-5-14-23(25)24(26(30)20-10-3-2-4-11-20)19-28-29-27(32)21-12-9-13-22(18-21)35(33,34)31-16-7-8-17-31/h2-6,9-15,18-19H,7-8,16-17H2,1H3,(H,29,32)/b28-19-. The number of para-hydroxylation sites is 1. The third-order valence-corrected chi connectivity index (χ3v) is 8.25. The van der Waals surface area contributed by atoms with Gasteiger partial charge in [0.2, 0.25) is 10.0 Å². The fourth-order valence-electron chi connectivity index (χ4n) is 4.59. The molecule has 1 aliphatic heterocycles. The van der Waals surface area contributed by atoms with E-state index >= 15 is 0 Å². The van der Waals surface area contributed by atoms with E-state index in [1.165, 1.54) is 16.4 Å². The van der Waals surface area contributed by atoms with E-state index in [0.717, 1.165) is 40.6 Å².